The number of hydrogen-bond donors (Lipinski definition) is 4. The van der Waals surface area contributed by atoms with Crippen LogP contribution < -0.4 is 11.5 Å². The predicted octanol–water partition coefficient (Wildman–Crippen LogP) is 0.0119. The maximum Gasteiger partial charge on any atom is 0.0805 e. The maximum atomic E-state index is 9.68. The van der Waals surface area contributed by atoms with Gasteiger partial charge >= 0.3 is 0 Å². The zero-order valence-electron chi connectivity index (χ0n) is 7.93. The van der Waals surface area contributed by atoms with E-state index in [0.717, 1.165) is 5.56 Å². The summed E-state index contributed by atoms with van der Waals surface area (Å²) in [7, 11) is 0. The van der Waals surface area contributed by atoms with Gasteiger partial charge in [-0.05, 0) is 24.1 Å². The largest absolute Gasteiger partial charge is 0.399 e. The Balaban J connectivity index is 2.60. The van der Waals surface area contributed by atoms with Crippen molar-refractivity contribution >= 4 is 5.69 Å². The van der Waals surface area contributed by atoms with E-state index >= 15 is 0 Å². The van der Waals surface area contributed by atoms with E-state index in [0.29, 0.717) is 12.1 Å². The second-order valence-electron chi connectivity index (χ2n) is 3.36. The van der Waals surface area contributed by atoms with E-state index in [-0.39, 0.29) is 12.6 Å². The maximum absolute atomic E-state index is 9.68. The van der Waals surface area contributed by atoms with Crippen LogP contribution in [-0.4, -0.2) is 22.9 Å². The van der Waals surface area contributed by atoms with Gasteiger partial charge in [0.2, 0.25) is 0 Å². The first-order valence-corrected chi connectivity index (χ1v) is 4.53. The topological polar surface area (TPSA) is 92.5 Å². The van der Waals surface area contributed by atoms with Crippen molar-refractivity contribution in [3.8, 4) is 0 Å². The van der Waals surface area contributed by atoms with E-state index < -0.39 is 6.10 Å². The Morgan fingerprint density at radius 1 is 1.21 bits per heavy atom. The summed E-state index contributed by atoms with van der Waals surface area (Å²) in [4.78, 5) is 0. The number of rotatable bonds is 4. The average molecular weight is 196 g/mol. The van der Waals surface area contributed by atoms with Crippen LogP contribution in [-0.2, 0) is 0 Å². The molecule has 0 unspecified atom stereocenters. The summed E-state index contributed by atoms with van der Waals surface area (Å²) < 4.78 is 0. The molecule has 2 atom stereocenters. The van der Waals surface area contributed by atoms with Crippen molar-refractivity contribution in [2.45, 2.75) is 18.6 Å². The fraction of sp³-hybridized carbons (Fsp3) is 0.400. The number of hydrogen-bond acceptors (Lipinski definition) is 4. The van der Waals surface area contributed by atoms with E-state index in [1.165, 1.54) is 0 Å². The second kappa shape index (κ2) is 4.95. The van der Waals surface area contributed by atoms with Gasteiger partial charge in [0.05, 0.1) is 12.7 Å². The van der Waals surface area contributed by atoms with Crippen molar-refractivity contribution in [3.63, 3.8) is 0 Å². The zero-order valence-corrected chi connectivity index (χ0v) is 7.93. The van der Waals surface area contributed by atoms with Crippen LogP contribution >= 0.6 is 0 Å². The molecule has 0 saturated carbocycles. The Morgan fingerprint density at radius 2 is 1.79 bits per heavy atom. The van der Waals surface area contributed by atoms with Crippen molar-refractivity contribution in [2.75, 3.05) is 12.3 Å². The molecule has 0 heterocycles. The number of aliphatic hydroxyl groups excluding tert-OH is 2. The molecule has 4 heteroatoms. The van der Waals surface area contributed by atoms with Crippen molar-refractivity contribution in [1.82, 2.24) is 0 Å². The van der Waals surface area contributed by atoms with Gasteiger partial charge in [-0.2, -0.15) is 0 Å². The lowest BCUT2D eigenvalue weighted by Gasteiger charge is -2.14. The highest BCUT2D eigenvalue weighted by atomic mass is 16.3. The summed E-state index contributed by atoms with van der Waals surface area (Å²) in [6.07, 6.45) is -0.293. The van der Waals surface area contributed by atoms with Gasteiger partial charge in [-0.15, -0.1) is 0 Å². The van der Waals surface area contributed by atoms with E-state index in [1.54, 1.807) is 24.3 Å². The average Bonchev–Trinajstić information content (AvgIpc) is 2.18. The molecule has 1 aromatic carbocycles. The van der Waals surface area contributed by atoms with Crippen molar-refractivity contribution in [3.05, 3.63) is 29.8 Å². The highest BCUT2D eigenvalue weighted by Crippen LogP contribution is 2.18. The molecule has 6 N–H and O–H groups in total. The second-order valence-corrected chi connectivity index (χ2v) is 3.36. The van der Waals surface area contributed by atoms with Gasteiger partial charge < -0.3 is 21.7 Å². The molecule has 4 nitrogen and oxygen atoms in total. The lowest BCUT2D eigenvalue weighted by atomic mass is 10.0. The fourth-order valence-electron chi connectivity index (χ4n) is 1.22. The van der Waals surface area contributed by atoms with Crippen LogP contribution in [0.25, 0.3) is 0 Å². The van der Waals surface area contributed by atoms with Crippen LogP contribution in [0.5, 0.6) is 0 Å². The van der Waals surface area contributed by atoms with Crippen LogP contribution in [0.1, 0.15) is 18.1 Å². The van der Waals surface area contributed by atoms with Crippen LogP contribution in [0.15, 0.2) is 24.3 Å². The van der Waals surface area contributed by atoms with Crippen LogP contribution in [0, 0.1) is 0 Å². The predicted molar refractivity (Wildman–Crippen MR) is 55.5 cm³/mol. The molecule has 0 radical (unpaired) electrons. The molecule has 0 spiro atoms. The lowest BCUT2D eigenvalue weighted by Crippen LogP contribution is -2.26. The first-order valence-electron chi connectivity index (χ1n) is 4.53. The quantitative estimate of drug-likeness (QED) is 0.510. The summed E-state index contributed by atoms with van der Waals surface area (Å²) in [5.41, 5.74) is 12.4. The summed E-state index contributed by atoms with van der Waals surface area (Å²) in [5, 5.41) is 18.4. The molecule has 14 heavy (non-hydrogen) atoms. The van der Waals surface area contributed by atoms with Gasteiger partial charge in [0.15, 0.2) is 0 Å². The minimum atomic E-state index is -0.641. The Labute approximate surface area is 83.2 Å². The van der Waals surface area contributed by atoms with Crippen LogP contribution in [0.4, 0.5) is 5.69 Å². The number of aliphatic hydroxyl groups is 2. The number of nitrogens with two attached hydrogens (primary N) is 2. The molecule has 0 aliphatic carbocycles. The monoisotopic (exact) mass is 196 g/mol. The van der Waals surface area contributed by atoms with Gasteiger partial charge in [0.25, 0.3) is 0 Å². The van der Waals surface area contributed by atoms with E-state index in [9.17, 15) is 5.11 Å². The molecule has 0 bridgehead atoms. The molecule has 78 valence electrons. The summed E-state index contributed by atoms with van der Waals surface area (Å²) in [6.45, 7) is -0.119. The fourth-order valence-corrected chi connectivity index (χ4v) is 1.22. The minimum absolute atomic E-state index is 0.119. The number of anilines is 1. The van der Waals surface area contributed by atoms with Crippen molar-refractivity contribution in [2.24, 2.45) is 5.73 Å². The Kier molecular flexibility index (Phi) is 3.88. The van der Waals surface area contributed by atoms with Crippen LogP contribution in [0.3, 0.4) is 0 Å². The van der Waals surface area contributed by atoms with Crippen LogP contribution in [0.2, 0.25) is 0 Å². The first kappa shape index (κ1) is 11.0. The Bertz CT molecular complexity index is 274. The Hall–Kier alpha value is -1.10. The number of benzene rings is 1. The molecule has 0 saturated heterocycles. The third-order valence-corrected chi connectivity index (χ3v) is 2.08. The first-order chi connectivity index (χ1) is 6.63. The molecule has 0 amide bonds. The molecule has 1 aromatic rings. The molecular weight excluding hydrogens is 180 g/mol. The highest BCUT2D eigenvalue weighted by molar-refractivity contribution is 5.39. The van der Waals surface area contributed by atoms with Gasteiger partial charge in [0.1, 0.15) is 0 Å². The minimum Gasteiger partial charge on any atom is -0.399 e. The normalized spacial score (nSPS) is 15.1. The molecule has 1 rings (SSSR count). The third kappa shape index (κ3) is 2.99. The lowest BCUT2D eigenvalue weighted by molar-refractivity contribution is 0.140. The summed E-state index contributed by atoms with van der Waals surface area (Å²) in [6, 6.07) is 6.57. The zero-order chi connectivity index (χ0) is 10.6. The molecule has 0 aromatic heterocycles. The van der Waals surface area contributed by atoms with E-state index in [2.05, 4.69) is 0 Å². The summed E-state index contributed by atoms with van der Waals surface area (Å²) >= 11 is 0. The standard InChI is InChI=1S/C10H16N2O2/c11-8-3-1-7(2-4-8)10(14)5-9(12)6-13/h1-4,9-10,13-14H,5-6,11-12H2/t9-,10+/m0/s1. The third-order valence-electron chi connectivity index (χ3n) is 2.08. The molecule has 0 fully saturated rings. The van der Waals surface area contributed by atoms with E-state index in [4.69, 9.17) is 16.6 Å². The highest BCUT2D eigenvalue weighted by Gasteiger charge is 2.11. The Morgan fingerprint density at radius 3 is 2.29 bits per heavy atom. The van der Waals surface area contributed by atoms with E-state index in [1.807, 2.05) is 0 Å². The van der Waals surface area contributed by atoms with Gasteiger partial charge in [-0.1, -0.05) is 12.1 Å². The molecular formula is C10H16N2O2. The number of nitrogen functional groups attached to an aromatic ring is 1. The van der Waals surface area contributed by atoms with Gasteiger partial charge in [-0.25, -0.2) is 0 Å². The smallest absolute Gasteiger partial charge is 0.0805 e. The van der Waals surface area contributed by atoms with Crippen molar-refractivity contribution < 1.29 is 10.2 Å². The van der Waals surface area contributed by atoms with Gasteiger partial charge in [-0.3, -0.25) is 0 Å². The SMILES string of the molecule is Nc1ccc([C@H](O)C[C@H](N)CO)cc1. The summed E-state index contributed by atoms with van der Waals surface area (Å²) in [5.74, 6) is 0. The van der Waals surface area contributed by atoms with Gasteiger partial charge in [0, 0.05) is 11.7 Å². The van der Waals surface area contributed by atoms with Crippen molar-refractivity contribution in [1.29, 1.82) is 0 Å². The molecule has 0 aliphatic heterocycles. The molecule has 0 aliphatic rings.